The van der Waals surface area contributed by atoms with Gasteiger partial charge in [-0.3, -0.25) is 4.57 Å². The molecule has 4 aromatic heterocycles. The molecule has 274 valence electrons. The first-order chi connectivity index (χ1) is 29.3. The minimum Gasteiger partial charge on any atom is -0.309 e. The van der Waals surface area contributed by atoms with E-state index in [1.165, 1.54) is 59.8 Å². The van der Waals surface area contributed by atoms with Crippen molar-refractivity contribution in [1.29, 1.82) is 0 Å². The molecule has 0 amide bonds. The summed E-state index contributed by atoms with van der Waals surface area (Å²) in [5, 5.41) is 9.77. The predicted octanol–water partition coefficient (Wildman–Crippen LogP) is 13.7. The third-order valence-electron chi connectivity index (χ3n) is 12.2. The SMILES string of the molecule is c1ccc(-c2nc3ccccc3nc2-n2c3ccccc3c3ccc(-n4c5ccccc5c5c6c7ccccc7n(-c7cccc8ccccc78)c6ccc54)cc32)cc1. The summed E-state index contributed by atoms with van der Waals surface area (Å²) in [6.07, 6.45) is 0. The second kappa shape index (κ2) is 12.2. The Morgan fingerprint density at radius 2 is 0.864 bits per heavy atom. The number of rotatable bonds is 4. The fourth-order valence-corrected chi connectivity index (χ4v) is 9.72. The van der Waals surface area contributed by atoms with Crippen LogP contribution in [0.2, 0.25) is 0 Å². The molecule has 0 fully saturated rings. The maximum atomic E-state index is 5.39. The van der Waals surface area contributed by atoms with Gasteiger partial charge in [0.1, 0.15) is 5.69 Å². The van der Waals surface area contributed by atoms with Crippen LogP contribution in [0, 0.1) is 0 Å². The van der Waals surface area contributed by atoms with Gasteiger partial charge in [-0.05, 0) is 66.0 Å². The molecule has 0 saturated carbocycles. The average molecular weight is 752 g/mol. The molecule has 0 atom stereocenters. The molecule has 0 N–H and O–H groups in total. The van der Waals surface area contributed by atoms with Gasteiger partial charge in [0.15, 0.2) is 5.82 Å². The maximum absolute atomic E-state index is 5.39. The van der Waals surface area contributed by atoms with E-state index in [4.69, 9.17) is 9.97 Å². The summed E-state index contributed by atoms with van der Waals surface area (Å²) in [5.74, 6) is 0.809. The summed E-state index contributed by atoms with van der Waals surface area (Å²) in [4.78, 5) is 10.7. The molecule has 13 aromatic rings. The number of benzene rings is 9. The van der Waals surface area contributed by atoms with Gasteiger partial charge < -0.3 is 9.13 Å². The molecule has 0 aliphatic carbocycles. The van der Waals surface area contributed by atoms with Gasteiger partial charge in [0.2, 0.25) is 0 Å². The van der Waals surface area contributed by atoms with E-state index in [-0.39, 0.29) is 0 Å². The van der Waals surface area contributed by atoms with Crippen molar-refractivity contribution in [1.82, 2.24) is 23.7 Å². The molecule has 0 radical (unpaired) electrons. The van der Waals surface area contributed by atoms with E-state index >= 15 is 0 Å². The van der Waals surface area contributed by atoms with E-state index in [1.54, 1.807) is 0 Å². The van der Waals surface area contributed by atoms with Crippen molar-refractivity contribution in [3.63, 3.8) is 0 Å². The molecule has 0 spiro atoms. The second-order valence-electron chi connectivity index (χ2n) is 15.4. The summed E-state index contributed by atoms with van der Waals surface area (Å²) < 4.78 is 7.22. The van der Waals surface area contributed by atoms with E-state index in [9.17, 15) is 0 Å². The Balaban J connectivity index is 1.13. The van der Waals surface area contributed by atoms with Crippen LogP contribution in [-0.2, 0) is 0 Å². The van der Waals surface area contributed by atoms with E-state index in [0.717, 1.165) is 55.9 Å². The topological polar surface area (TPSA) is 40.6 Å². The third kappa shape index (κ3) is 4.55. The highest BCUT2D eigenvalue weighted by atomic mass is 15.1. The highest BCUT2D eigenvalue weighted by Crippen LogP contribution is 2.44. The third-order valence-corrected chi connectivity index (χ3v) is 12.2. The molecule has 59 heavy (non-hydrogen) atoms. The number of aromatic nitrogens is 5. The molecular weight excluding hydrogens is 719 g/mol. The zero-order valence-corrected chi connectivity index (χ0v) is 31.8. The van der Waals surface area contributed by atoms with Crippen LogP contribution in [0.1, 0.15) is 0 Å². The Kier molecular flexibility index (Phi) is 6.66. The molecule has 0 bridgehead atoms. The summed E-state index contributed by atoms with van der Waals surface area (Å²) in [7, 11) is 0. The largest absolute Gasteiger partial charge is 0.309 e. The maximum Gasteiger partial charge on any atom is 0.165 e. The molecular formula is C54H33N5. The van der Waals surface area contributed by atoms with Crippen LogP contribution in [0.15, 0.2) is 200 Å². The van der Waals surface area contributed by atoms with Crippen molar-refractivity contribution < 1.29 is 0 Å². The Bertz CT molecular complexity index is 3840. The lowest BCUT2D eigenvalue weighted by molar-refractivity contribution is 1.08. The van der Waals surface area contributed by atoms with Crippen LogP contribution >= 0.6 is 0 Å². The highest BCUT2D eigenvalue weighted by molar-refractivity contribution is 6.29. The molecule has 5 heteroatoms. The van der Waals surface area contributed by atoms with Crippen LogP contribution < -0.4 is 0 Å². The van der Waals surface area contributed by atoms with Gasteiger partial charge in [-0.25, -0.2) is 9.97 Å². The summed E-state index contributed by atoms with van der Waals surface area (Å²) >= 11 is 0. The minimum absolute atomic E-state index is 0.809. The lowest BCUT2D eigenvalue weighted by Crippen LogP contribution is -2.04. The van der Waals surface area contributed by atoms with Gasteiger partial charge in [-0.2, -0.15) is 0 Å². The first-order valence-electron chi connectivity index (χ1n) is 20.1. The Morgan fingerprint density at radius 3 is 1.61 bits per heavy atom. The number of hydrogen-bond donors (Lipinski definition) is 0. The van der Waals surface area contributed by atoms with Gasteiger partial charge in [0.25, 0.3) is 0 Å². The van der Waals surface area contributed by atoms with E-state index in [0.29, 0.717) is 0 Å². The number of fused-ring (bicyclic) bond motifs is 12. The van der Waals surface area contributed by atoms with E-state index < -0.39 is 0 Å². The molecule has 9 aromatic carbocycles. The van der Waals surface area contributed by atoms with Crippen LogP contribution in [0.5, 0.6) is 0 Å². The Hall–Kier alpha value is -8.02. The van der Waals surface area contributed by atoms with Crippen molar-refractivity contribution in [2.24, 2.45) is 0 Å². The molecule has 0 aliphatic heterocycles. The highest BCUT2D eigenvalue weighted by Gasteiger charge is 2.23. The van der Waals surface area contributed by atoms with Crippen LogP contribution in [0.4, 0.5) is 0 Å². The molecule has 0 aliphatic rings. The number of nitrogens with zero attached hydrogens (tertiary/aromatic N) is 5. The van der Waals surface area contributed by atoms with Crippen molar-refractivity contribution in [2.75, 3.05) is 0 Å². The fraction of sp³-hybridized carbons (Fsp3) is 0. The van der Waals surface area contributed by atoms with Gasteiger partial charge in [-0.15, -0.1) is 0 Å². The predicted molar refractivity (Wildman–Crippen MR) is 245 cm³/mol. The van der Waals surface area contributed by atoms with Gasteiger partial charge >= 0.3 is 0 Å². The van der Waals surface area contributed by atoms with Crippen LogP contribution in [0.25, 0.3) is 116 Å². The monoisotopic (exact) mass is 751 g/mol. The van der Waals surface area contributed by atoms with Crippen molar-refractivity contribution in [3.05, 3.63) is 200 Å². The minimum atomic E-state index is 0.809. The smallest absolute Gasteiger partial charge is 0.165 e. The lowest BCUT2D eigenvalue weighted by atomic mass is 10.1. The van der Waals surface area contributed by atoms with Gasteiger partial charge in [0.05, 0.1) is 49.8 Å². The fourth-order valence-electron chi connectivity index (χ4n) is 9.72. The van der Waals surface area contributed by atoms with Crippen molar-refractivity contribution >= 4 is 87.2 Å². The lowest BCUT2D eigenvalue weighted by Gasteiger charge is -2.14. The van der Waals surface area contributed by atoms with Crippen molar-refractivity contribution in [3.8, 4) is 28.5 Å². The summed E-state index contributed by atoms with van der Waals surface area (Å²) in [5.41, 5.74) is 12.7. The standard InChI is InChI=1S/C54H33N5/c1-2-16-35(17-3-1)53-54(56-43-24-10-9-23-42(43)55-53)59-45-25-11-6-20-38(45)39-30-29-36(33-50(39)59)57-46-26-12-7-21-40(46)51-48(57)31-32-49-52(51)41-22-8-13-27-47(41)58(49)44-28-14-18-34-15-4-5-19-37(34)44/h1-33H. The first-order valence-corrected chi connectivity index (χ1v) is 20.1. The van der Waals surface area contributed by atoms with Gasteiger partial charge in [-0.1, -0.05) is 140 Å². The number of hydrogen-bond acceptors (Lipinski definition) is 2. The van der Waals surface area contributed by atoms with Crippen LogP contribution in [-0.4, -0.2) is 23.7 Å². The van der Waals surface area contributed by atoms with Crippen molar-refractivity contribution in [2.45, 2.75) is 0 Å². The molecule has 5 nitrogen and oxygen atoms in total. The Morgan fingerprint density at radius 1 is 0.322 bits per heavy atom. The molecule has 0 unspecified atom stereocenters. The Labute approximate surface area is 338 Å². The quantitative estimate of drug-likeness (QED) is 0.180. The molecule has 4 heterocycles. The zero-order valence-electron chi connectivity index (χ0n) is 31.8. The van der Waals surface area contributed by atoms with Crippen LogP contribution in [0.3, 0.4) is 0 Å². The van der Waals surface area contributed by atoms with Gasteiger partial charge in [0, 0.05) is 49.0 Å². The summed E-state index contributed by atoms with van der Waals surface area (Å²) in [6.45, 7) is 0. The van der Waals surface area contributed by atoms with E-state index in [1.807, 2.05) is 24.3 Å². The second-order valence-corrected chi connectivity index (χ2v) is 15.4. The normalized spacial score (nSPS) is 12.1. The molecule has 13 rings (SSSR count). The first kappa shape index (κ1) is 32.1. The number of para-hydroxylation sites is 5. The average Bonchev–Trinajstić information content (AvgIpc) is 3.94. The zero-order chi connectivity index (χ0) is 38.6. The van der Waals surface area contributed by atoms with E-state index in [2.05, 4.69) is 190 Å². The molecule has 0 saturated heterocycles. The summed E-state index contributed by atoms with van der Waals surface area (Å²) in [6, 6.07) is 71.8.